The van der Waals surface area contributed by atoms with Crippen molar-refractivity contribution in [2.75, 3.05) is 32.7 Å². The normalized spacial score (nSPS) is 18.6. The van der Waals surface area contributed by atoms with Gasteiger partial charge in [0.05, 0.1) is 4.90 Å². The van der Waals surface area contributed by atoms with Gasteiger partial charge in [0.15, 0.2) is 0 Å². The Kier molecular flexibility index (Phi) is 6.98. The number of hydrogen-bond acceptors (Lipinski definition) is 4. The molecule has 1 aromatic carbocycles. The highest BCUT2D eigenvalue weighted by molar-refractivity contribution is 7.89. The van der Waals surface area contributed by atoms with Crippen molar-refractivity contribution in [1.29, 1.82) is 0 Å². The molecule has 0 saturated carbocycles. The first-order valence-corrected chi connectivity index (χ1v) is 10.5. The molecule has 0 aliphatic carbocycles. The summed E-state index contributed by atoms with van der Waals surface area (Å²) >= 11 is 0. The number of nitrogens with zero attached hydrogens (tertiary/aromatic N) is 2. The summed E-state index contributed by atoms with van der Waals surface area (Å²) < 4.78 is 27.0. The van der Waals surface area contributed by atoms with E-state index >= 15 is 0 Å². The lowest BCUT2D eigenvalue weighted by Crippen LogP contribution is -2.51. The molecule has 1 saturated heterocycles. The van der Waals surface area contributed by atoms with Crippen molar-refractivity contribution in [3.05, 3.63) is 29.8 Å². The van der Waals surface area contributed by atoms with Gasteiger partial charge in [-0.15, -0.1) is 0 Å². The topological polar surface area (TPSA) is 69.7 Å². The van der Waals surface area contributed by atoms with Crippen LogP contribution in [0.5, 0.6) is 0 Å². The van der Waals surface area contributed by atoms with E-state index in [0.717, 1.165) is 19.4 Å². The summed E-state index contributed by atoms with van der Waals surface area (Å²) in [6.45, 7) is 9.12. The molecule has 6 nitrogen and oxygen atoms in total. The minimum absolute atomic E-state index is 0.0451. The summed E-state index contributed by atoms with van der Waals surface area (Å²) in [6.07, 6.45) is 1.55. The lowest BCUT2D eigenvalue weighted by Gasteiger charge is -2.32. The molecule has 140 valence electrons. The highest BCUT2D eigenvalue weighted by Crippen LogP contribution is 2.18. The highest BCUT2D eigenvalue weighted by Gasteiger charge is 2.25. The molecule has 1 heterocycles. The van der Waals surface area contributed by atoms with E-state index in [1.807, 2.05) is 25.7 Å². The lowest BCUT2D eigenvalue weighted by molar-refractivity contribution is 0.0709. The van der Waals surface area contributed by atoms with Gasteiger partial charge in [0.1, 0.15) is 0 Å². The molecule has 1 aromatic rings. The fourth-order valence-electron chi connectivity index (χ4n) is 3.07. The average molecular weight is 368 g/mol. The van der Waals surface area contributed by atoms with E-state index in [9.17, 15) is 13.2 Å². The van der Waals surface area contributed by atoms with Gasteiger partial charge in [-0.05, 0) is 44.0 Å². The number of amides is 1. The minimum Gasteiger partial charge on any atom is -0.336 e. The van der Waals surface area contributed by atoms with Crippen molar-refractivity contribution >= 4 is 15.9 Å². The van der Waals surface area contributed by atoms with Crippen molar-refractivity contribution in [2.45, 2.75) is 44.6 Å². The van der Waals surface area contributed by atoms with Crippen LogP contribution in [0, 0.1) is 0 Å². The van der Waals surface area contributed by atoms with Crippen LogP contribution in [-0.4, -0.2) is 62.3 Å². The summed E-state index contributed by atoms with van der Waals surface area (Å²) in [6, 6.07) is 6.61. The van der Waals surface area contributed by atoms with Crippen LogP contribution in [0.15, 0.2) is 29.2 Å². The maximum atomic E-state index is 12.8. The first-order valence-electron chi connectivity index (χ1n) is 9.03. The summed E-state index contributed by atoms with van der Waals surface area (Å²) in [5.74, 6) is -0.0451. The van der Waals surface area contributed by atoms with Gasteiger partial charge >= 0.3 is 0 Å². The quantitative estimate of drug-likeness (QED) is 0.799. The number of carbonyl (C=O) groups is 1. The lowest BCUT2D eigenvalue weighted by atomic mass is 10.1. The number of piperazine rings is 1. The monoisotopic (exact) mass is 367 g/mol. The van der Waals surface area contributed by atoms with Gasteiger partial charge in [-0.25, -0.2) is 8.42 Å². The zero-order chi connectivity index (χ0) is 18.4. The van der Waals surface area contributed by atoms with Crippen molar-refractivity contribution in [2.24, 2.45) is 0 Å². The third-order valence-corrected chi connectivity index (χ3v) is 6.25. The molecule has 0 aromatic heterocycles. The second-order valence-electron chi connectivity index (χ2n) is 6.53. The standard InChI is InChI=1S/C18H29N3O3S/c1-4-11-21(12-5-2)25(23,24)17-8-6-16(7-9-17)18(22)20-13-10-19-15(3)14-20/h6-9,15,19H,4-5,10-14H2,1-3H3. The Bertz CT molecular complexity index is 667. The predicted molar refractivity (Wildman–Crippen MR) is 99.2 cm³/mol. The Balaban J connectivity index is 2.16. The van der Waals surface area contributed by atoms with Crippen molar-refractivity contribution < 1.29 is 13.2 Å². The molecule has 7 heteroatoms. The first kappa shape index (κ1) is 19.9. The van der Waals surface area contributed by atoms with Gasteiger partial charge in [0, 0.05) is 44.3 Å². The van der Waals surface area contributed by atoms with Crippen LogP contribution in [0.2, 0.25) is 0 Å². The fourth-order valence-corrected chi connectivity index (χ4v) is 4.69. The zero-order valence-electron chi connectivity index (χ0n) is 15.4. The van der Waals surface area contributed by atoms with Gasteiger partial charge in [-0.3, -0.25) is 4.79 Å². The molecule has 0 radical (unpaired) electrons. The minimum atomic E-state index is -3.50. The molecule has 0 bridgehead atoms. The Morgan fingerprint density at radius 1 is 1.20 bits per heavy atom. The van der Waals surface area contributed by atoms with Gasteiger partial charge < -0.3 is 10.2 Å². The number of hydrogen-bond donors (Lipinski definition) is 1. The maximum absolute atomic E-state index is 12.8. The molecule has 0 spiro atoms. The number of sulfonamides is 1. The van der Waals surface area contributed by atoms with Gasteiger partial charge in [-0.2, -0.15) is 4.31 Å². The third kappa shape index (κ3) is 4.80. The number of carbonyl (C=O) groups excluding carboxylic acids is 1. The molecule has 1 aliphatic rings. The second-order valence-corrected chi connectivity index (χ2v) is 8.47. The SMILES string of the molecule is CCCN(CCC)S(=O)(=O)c1ccc(C(=O)N2CCNC(C)C2)cc1. The van der Waals surface area contributed by atoms with Crippen molar-refractivity contribution in [1.82, 2.24) is 14.5 Å². The van der Waals surface area contributed by atoms with Crippen LogP contribution in [0.25, 0.3) is 0 Å². The van der Waals surface area contributed by atoms with Crippen LogP contribution in [0.1, 0.15) is 44.0 Å². The zero-order valence-corrected chi connectivity index (χ0v) is 16.2. The Hall–Kier alpha value is -1.44. The average Bonchev–Trinajstić information content (AvgIpc) is 2.61. The van der Waals surface area contributed by atoms with E-state index in [4.69, 9.17) is 0 Å². The van der Waals surface area contributed by atoms with Crippen LogP contribution in [0.4, 0.5) is 0 Å². The van der Waals surface area contributed by atoms with Gasteiger partial charge in [-0.1, -0.05) is 13.8 Å². The Morgan fingerprint density at radius 2 is 1.80 bits per heavy atom. The van der Waals surface area contributed by atoms with E-state index < -0.39 is 10.0 Å². The van der Waals surface area contributed by atoms with Crippen LogP contribution in [0.3, 0.4) is 0 Å². The summed E-state index contributed by atoms with van der Waals surface area (Å²) in [7, 11) is -3.50. The van der Waals surface area contributed by atoms with Gasteiger partial charge in [0.2, 0.25) is 10.0 Å². The molecule has 2 rings (SSSR count). The molecule has 1 unspecified atom stereocenters. The molecule has 1 N–H and O–H groups in total. The fraction of sp³-hybridized carbons (Fsp3) is 0.611. The molecule has 1 aliphatic heterocycles. The number of nitrogens with one attached hydrogen (secondary N) is 1. The van der Waals surface area contributed by atoms with Crippen LogP contribution < -0.4 is 5.32 Å². The molecule has 1 atom stereocenters. The Labute approximate surface area is 151 Å². The highest BCUT2D eigenvalue weighted by atomic mass is 32.2. The molecule has 25 heavy (non-hydrogen) atoms. The third-order valence-electron chi connectivity index (χ3n) is 4.34. The van der Waals surface area contributed by atoms with E-state index in [1.165, 1.54) is 4.31 Å². The van der Waals surface area contributed by atoms with E-state index in [0.29, 0.717) is 31.7 Å². The molecule has 1 fully saturated rings. The second kappa shape index (κ2) is 8.78. The first-order chi connectivity index (χ1) is 11.9. The van der Waals surface area contributed by atoms with Crippen molar-refractivity contribution in [3.63, 3.8) is 0 Å². The van der Waals surface area contributed by atoms with E-state index in [2.05, 4.69) is 5.32 Å². The predicted octanol–water partition coefficient (Wildman–Crippen LogP) is 1.93. The van der Waals surface area contributed by atoms with Crippen molar-refractivity contribution in [3.8, 4) is 0 Å². The summed E-state index contributed by atoms with van der Waals surface area (Å²) in [5, 5.41) is 3.30. The van der Waals surface area contributed by atoms with Crippen LogP contribution in [-0.2, 0) is 10.0 Å². The smallest absolute Gasteiger partial charge is 0.253 e. The molecule has 1 amide bonds. The Morgan fingerprint density at radius 3 is 2.32 bits per heavy atom. The largest absolute Gasteiger partial charge is 0.336 e. The summed E-state index contributed by atoms with van der Waals surface area (Å²) in [4.78, 5) is 14.6. The number of rotatable bonds is 7. The number of benzene rings is 1. The van der Waals surface area contributed by atoms with Gasteiger partial charge in [0.25, 0.3) is 5.91 Å². The van der Waals surface area contributed by atoms with E-state index in [1.54, 1.807) is 24.3 Å². The van der Waals surface area contributed by atoms with E-state index in [-0.39, 0.29) is 16.8 Å². The van der Waals surface area contributed by atoms with Crippen LogP contribution >= 0.6 is 0 Å². The molecular weight excluding hydrogens is 338 g/mol. The maximum Gasteiger partial charge on any atom is 0.253 e. The molecular formula is C18H29N3O3S. The summed E-state index contributed by atoms with van der Waals surface area (Å²) in [5.41, 5.74) is 0.533.